The molecule has 5 heteroatoms. The second kappa shape index (κ2) is 5.69. The van der Waals surface area contributed by atoms with Gasteiger partial charge in [0, 0.05) is 11.8 Å². The van der Waals surface area contributed by atoms with Crippen molar-refractivity contribution in [2.45, 2.75) is 20.5 Å². The number of nitrogens with zero attached hydrogens (tertiary/aromatic N) is 2. The molecule has 0 unspecified atom stereocenters. The number of nitrogens with two attached hydrogens (primary N) is 1. The molecule has 0 aliphatic rings. The summed E-state index contributed by atoms with van der Waals surface area (Å²) >= 11 is 0. The number of rotatable bonds is 4. The Balaban J connectivity index is 2.22. The fourth-order valence-corrected chi connectivity index (χ4v) is 2.51. The number of pyridine rings is 1. The van der Waals surface area contributed by atoms with Gasteiger partial charge in [0.05, 0.1) is 13.2 Å². The average Bonchev–Trinajstić information content (AvgIpc) is 2.85. The predicted octanol–water partition coefficient (Wildman–Crippen LogP) is 2.78. The Kier molecular flexibility index (Phi) is 3.73. The minimum Gasteiger partial charge on any atom is -0.493 e. The van der Waals surface area contributed by atoms with E-state index in [1.165, 1.54) is 0 Å². The van der Waals surface area contributed by atoms with Gasteiger partial charge in [-0.2, -0.15) is 0 Å². The number of aryl methyl sites for hydroxylation is 1. The van der Waals surface area contributed by atoms with Crippen molar-refractivity contribution >= 4 is 11.5 Å². The highest BCUT2D eigenvalue weighted by molar-refractivity contribution is 5.79. The molecule has 3 N–H and O–H groups in total. The number of ether oxygens (including phenoxy) is 1. The summed E-state index contributed by atoms with van der Waals surface area (Å²) in [5.74, 6) is 1.31. The van der Waals surface area contributed by atoms with Crippen LogP contribution in [0.2, 0.25) is 0 Å². The van der Waals surface area contributed by atoms with Crippen LogP contribution in [0, 0.1) is 6.92 Å². The van der Waals surface area contributed by atoms with Crippen molar-refractivity contribution < 1.29 is 9.84 Å². The van der Waals surface area contributed by atoms with E-state index in [0.29, 0.717) is 18.1 Å². The Hall–Kier alpha value is -2.53. The second-order valence-electron chi connectivity index (χ2n) is 5.20. The lowest BCUT2D eigenvalue weighted by Gasteiger charge is -2.10. The van der Waals surface area contributed by atoms with Crippen LogP contribution in [0.4, 0.5) is 5.82 Å². The molecule has 0 radical (unpaired) electrons. The Morgan fingerprint density at radius 2 is 2.09 bits per heavy atom. The Morgan fingerprint density at radius 3 is 2.82 bits per heavy atom. The van der Waals surface area contributed by atoms with Crippen LogP contribution < -0.4 is 10.5 Å². The average molecular weight is 297 g/mol. The molecule has 0 saturated carbocycles. The molecular formula is C17H19N3O2. The third kappa shape index (κ3) is 2.40. The van der Waals surface area contributed by atoms with Gasteiger partial charge in [-0.25, -0.2) is 4.98 Å². The van der Waals surface area contributed by atoms with Crippen LogP contribution >= 0.6 is 0 Å². The number of fused-ring (bicyclic) bond motifs is 1. The van der Waals surface area contributed by atoms with E-state index < -0.39 is 0 Å². The van der Waals surface area contributed by atoms with Crippen LogP contribution in [-0.2, 0) is 6.61 Å². The molecule has 3 aromatic rings. The standard InChI is InChI=1S/C17H19N3O2/c1-3-22-14-6-4-11(2)8-13(14)16-17(18)20-9-12(10-21)5-7-15(20)19-16/h4-9,21H,3,10,18H2,1-2H3. The molecule has 1 aromatic carbocycles. The third-order valence-electron chi connectivity index (χ3n) is 3.59. The molecule has 0 bridgehead atoms. The number of nitrogen functional groups attached to an aromatic ring is 1. The molecule has 0 aliphatic carbocycles. The molecule has 114 valence electrons. The molecule has 0 amide bonds. The van der Waals surface area contributed by atoms with Crippen LogP contribution in [0.5, 0.6) is 5.75 Å². The molecular weight excluding hydrogens is 278 g/mol. The monoisotopic (exact) mass is 297 g/mol. The van der Waals surface area contributed by atoms with E-state index in [0.717, 1.165) is 28.1 Å². The summed E-state index contributed by atoms with van der Waals surface area (Å²) in [5, 5.41) is 9.27. The van der Waals surface area contributed by atoms with Crippen LogP contribution in [0.1, 0.15) is 18.1 Å². The molecule has 0 aliphatic heterocycles. The number of aromatic nitrogens is 2. The van der Waals surface area contributed by atoms with Crippen molar-refractivity contribution in [3.8, 4) is 17.0 Å². The first kappa shape index (κ1) is 14.4. The Morgan fingerprint density at radius 1 is 1.27 bits per heavy atom. The molecule has 22 heavy (non-hydrogen) atoms. The van der Waals surface area contributed by atoms with Gasteiger partial charge in [0.2, 0.25) is 0 Å². The van der Waals surface area contributed by atoms with Crippen LogP contribution in [0.3, 0.4) is 0 Å². The minimum absolute atomic E-state index is 0.0302. The highest BCUT2D eigenvalue weighted by atomic mass is 16.5. The lowest BCUT2D eigenvalue weighted by atomic mass is 10.1. The number of imidazole rings is 1. The summed E-state index contributed by atoms with van der Waals surface area (Å²) < 4.78 is 7.49. The maximum atomic E-state index is 9.27. The van der Waals surface area contributed by atoms with Gasteiger partial charge in [-0.15, -0.1) is 0 Å². The van der Waals surface area contributed by atoms with Gasteiger partial charge in [-0.05, 0) is 37.6 Å². The number of aliphatic hydroxyl groups excluding tert-OH is 1. The Labute approximate surface area is 129 Å². The molecule has 3 rings (SSSR count). The topological polar surface area (TPSA) is 72.8 Å². The van der Waals surface area contributed by atoms with Crippen LogP contribution in [0.25, 0.3) is 16.9 Å². The zero-order valence-electron chi connectivity index (χ0n) is 12.7. The first-order chi connectivity index (χ1) is 10.6. The quantitative estimate of drug-likeness (QED) is 0.776. The van der Waals surface area contributed by atoms with E-state index in [1.54, 1.807) is 10.6 Å². The zero-order chi connectivity index (χ0) is 15.7. The molecule has 2 heterocycles. The third-order valence-corrected chi connectivity index (χ3v) is 3.59. The minimum atomic E-state index is -0.0302. The van der Waals surface area contributed by atoms with Crippen molar-refractivity contribution in [1.82, 2.24) is 9.38 Å². The molecule has 0 spiro atoms. The molecule has 0 atom stereocenters. The van der Waals surface area contributed by atoms with E-state index in [4.69, 9.17) is 10.5 Å². The summed E-state index contributed by atoms with van der Waals surface area (Å²) in [6.45, 7) is 4.52. The molecule has 5 nitrogen and oxygen atoms in total. The first-order valence-corrected chi connectivity index (χ1v) is 7.25. The van der Waals surface area contributed by atoms with Crippen LogP contribution in [0.15, 0.2) is 36.5 Å². The lowest BCUT2D eigenvalue weighted by molar-refractivity contribution is 0.281. The van der Waals surface area contributed by atoms with Gasteiger partial charge in [0.15, 0.2) is 0 Å². The maximum absolute atomic E-state index is 9.27. The number of aliphatic hydroxyl groups is 1. The first-order valence-electron chi connectivity index (χ1n) is 7.25. The summed E-state index contributed by atoms with van der Waals surface area (Å²) in [6, 6.07) is 9.66. The van der Waals surface area contributed by atoms with Gasteiger partial charge in [-0.1, -0.05) is 17.7 Å². The highest BCUT2D eigenvalue weighted by Crippen LogP contribution is 2.34. The van der Waals surface area contributed by atoms with Gasteiger partial charge < -0.3 is 15.6 Å². The highest BCUT2D eigenvalue weighted by Gasteiger charge is 2.16. The molecule has 0 saturated heterocycles. The van der Waals surface area contributed by atoms with Crippen molar-refractivity contribution in [2.75, 3.05) is 12.3 Å². The smallest absolute Gasteiger partial charge is 0.139 e. The Bertz CT molecular complexity index is 824. The number of hydrogen-bond acceptors (Lipinski definition) is 4. The van der Waals surface area contributed by atoms with Crippen molar-refractivity contribution in [3.63, 3.8) is 0 Å². The number of benzene rings is 1. The van der Waals surface area contributed by atoms with Gasteiger partial charge >= 0.3 is 0 Å². The maximum Gasteiger partial charge on any atom is 0.139 e. The number of hydrogen-bond donors (Lipinski definition) is 2. The van der Waals surface area contributed by atoms with Gasteiger partial charge in [0.1, 0.15) is 22.9 Å². The number of anilines is 1. The van der Waals surface area contributed by atoms with Gasteiger partial charge in [0.25, 0.3) is 0 Å². The summed E-state index contributed by atoms with van der Waals surface area (Å²) in [6.07, 6.45) is 1.80. The van der Waals surface area contributed by atoms with Crippen molar-refractivity contribution in [2.24, 2.45) is 0 Å². The SMILES string of the molecule is CCOc1ccc(C)cc1-c1nc2ccc(CO)cn2c1N. The summed E-state index contributed by atoms with van der Waals surface area (Å²) in [5.41, 5.74) is 10.5. The molecule has 2 aromatic heterocycles. The largest absolute Gasteiger partial charge is 0.493 e. The zero-order valence-corrected chi connectivity index (χ0v) is 12.7. The van der Waals surface area contributed by atoms with E-state index in [9.17, 15) is 5.11 Å². The van der Waals surface area contributed by atoms with E-state index >= 15 is 0 Å². The predicted molar refractivity (Wildman–Crippen MR) is 86.9 cm³/mol. The fraction of sp³-hybridized carbons (Fsp3) is 0.235. The van der Waals surface area contributed by atoms with Crippen molar-refractivity contribution in [1.29, 1.82) is 0 Å². The van der Waals surface area contributed by atoms with E-state index in [1.807, 2.05) is 44.2 Å². The van der Waals surface area contributed by atoms with Crippen LogP contribution in [-0.4, -0.2) is 21.1 Å². The second-order valence-corrected chi connectivity index (χ2v) is 5.20. The van der Waals surface area contributed by atoms with E-state index in [2.05, 4.69) is 4.98 Å². The lowest BCUT2D eigenvalue weighted by Crippen LogP contribution is -1.98. The van der Waals surface area contributed by atoms with E-state index in [-0.39, 0.29) is 6.61 Å². The summed E-state index contributed by atoms with van der Waals surface area (Å²) in [7, 11) is 0. The summed E-state index contributed by atoms with van der Waals surface area (Å²) in [4.78, 5) is 4.62. The van der Waals surface area contributed by atoms with Gasteiger partial charge in [-0.3, -0.25) is 4.40 Å². The normalized spacial score (nSPS) is 11.0. The molecule has 0 fully saturated rings. The fourth-order valence-electron chi connectivity index (χ4n) is 2.51. The van der Waals surface area contributed by atoms with Crippen molar-refractivity contribution in [3.05, 3.63) is 47.7 Å².